The van der Waals surface area contributed by atoms with Crippen molar-refractivity contribution in [3.63, 3.8) is 0 Å². The average molecular weight is 1110 g/mol. The predicted molar refractivity (Wildman–Crippen MR) is 314 cm³/mol. The predicted octanol–water partition coefficient (Wildman–Crippen LogP) is 3.44. The van der Waals surface area contributed by atoms with E-state index in [0.717, 1.165) is 30.5 Å². The number of hydrogen-bond acceptors (Lipinski definition) is 13. The first kappa shape index (κ1) is 71.0. The van der Waals surface area contributed by atoms with Gasteiger partial charge in [0.15, 0.2) is 0 Å². The summed E-state index contributed by atoms with van der Waals surface area (Å²) >= 11 is 0. The van der Waals surface area contributed by atoms with Crippen LogP contribution >= 0.6 is 0 Å². The average Bonchev–Trinajstić information content (AvgIpc) is 3.45. The highest BCUT2D eigenvalue weighted by Gasteiger charge is 2.34. The Balaban J connectivity index is 0.0000154. The van der Waals surface area contributed by atoms with Gasteiger partial charge in [0.25, 0.3) is 0 Å². The quantitative estimate of drug-likeness (QED) is 0.0364. The van der Waals surface area contributed by atoms with Crippen molar-refractivity contribution in [3.05, 3.63) is 84.4 Å². The molecule has 20 nitrogen and oxygen atoms in total. The fraction of sp³-hybridized carbons (Fsp3) is 0.627. The molecule has 0 heterocycles. The molecule has 0 aliphatic heterocycles. The maximum atomic E-state index is 15.1. The minimum absolute atomic E-state index is 0.00797. The number of hydrogen-bond donors (Lipinski definition) is 5. The van der Waals surface area contributed by atoms with E-state index < -0.39 is 73.7 Å². The second-order valence-corrected chi connectivity index (χ2v) is 19.9. The van der Waals surface area contributed by atoms with Gasteiger partial charge in [0, 0.05) is 32.7 Å². The zero-order valence-corrected chi connectivity index (χ0v) is 49.3. The largest absolute Gasteiger partial charge is 0.334 e. The Morgan fingerprint density at radius 2 is 0.873 bits per heavy atom. The molecule has 0 aliphatic carbocycles. The molecule has 0 spiro atoms. The molecule has 2 unspecified atom stereocenters. The summed E-state index contributed by atoms with van der Waals surface area (Å²) in [6.45, 7) is 16.8. The summed E-state index contributed by atoms with van der Waals surface area (Å²) in [6.07, 6.45) is 7.52. The van der Waals surface area contributed by atoms with Gasteiger partial charge in [-0.2, -0.15) is 0 Å². The van der Waals surface area contributed by atoms with Gasteiger partial charge < -0.3 is 66.5 Å². The normalized spacial score (nSPS) is 11.6. The number of carbonyl (C=O) groups is 8. The van der Waals surface area contributed by atoms with Crippen LogP contribution in [-0.2, 0) is 38.4 Å². The highest BCUT2D eigenvalue weighted by Crippen LogP contribution is 2.25. The van der Waals surface area contributed by atoms with Gasteiger partial charge in [-0.3, -0.25) is 33.6 Å². The Morgan fingerprint density at radius 1 is 0.494 bits per heavy atom. The van der Waals surface area contributed by atoms with E-state index in [4.69, 9.17) is 11.5 Å². The minimum Gasteiger partial charge on any atom is -0.334 e. The maximum absolute atomic E-state index is 15.1. The molecule has 0 fully saturated rings. The monoisotopic (exact) mass is 1100 g/mol. The molecule has 0 saturated heterocycles. The molecule has 2 atom stereocenters. The zero-order valence-electron chi connectivity index (χ0n) is 49.3. The SMILES string of the molecule is C=CCN(CC(=O)N(CCCCNC)CC(=O)N(CC(=O)N(CC(=O)N(CCCCN)CC(=O)N(CC=O)CC(C)C)C(C)c1ccccc1)C(C)c1ccccc1)C(=O)CN(CCCCN)C(=O)CNCCCCNC.CC. The first-order chi connectivity index (χ1) is 38.1. The number of aldehydes is 1. The van der Waals surface area contributed by atoms with Crippen molar-refractivity contribution in [2.75, 3.05) is 132 Å². The van der Waals surface area contributed by atoms with E-state index in [0.29, 0.717) is 84.1 Å². The van der Waals surface area contributed by atoms with E-state index in [1.165, 1.54) is 40.4 Å². The Hall–Kier alpha value is -6.06. The third-order valence-electron chi connectivity index (χ3n) is 13.2. The molecule has 7 amide bonds. The van der Waals surface area contributed by atoms with Crippen LogP contribution in [0.4, 0.5) is 0 Å². The van der Waals surface area contributed by atoms with E-state index in [1.807, 2.05) is 102 Å². The fourth-order valence-electron chi connectivity index (χ4n) is 8.68. The van der Waals surface area contributed by atoms with Gasteiger partial charge >= 0.3 is 0 Å². The van der Waals surface area contributed by atoms with Crippen molar-refractivity contribution in [2.24, 2.45) is 17.4 Å². The van der Waals surface area contributed by atoms with Gasteiger partial charge in [0.05, 0.1) is 44.8 Å². The van der Waals surface area contributed by atoms with Crippen molar-refractivity contribution < 1.29 is 38.4 Å². The lowest BCUT2D eigenvalue weighted by molar-refractivity contribution is -0.150. The summed E-state index contributed by atoms with van der Waals surface area (Å²) in [6, 6.07) is 17.0. The number of benzene rings is 2. The third kappa shape index (κ3) is 28.1. The van der Waals surface area contributed by atoms with Gasteiger partial charge in [0.1, 0.15) is 25.9 Å². The number of nitrogens with two attached hydrogens (primary N) is 2. The van der Waals surface area contributed by atoms with Crippen LogP contribution in [0.3, 0.4) is 0 Å². The molecule has 0 saturated carbocycles. The molecule has 20 heteroatoms. The van der Waals surface area contributed by atoms with Gasteiger partial charge in [-0.05, 0) is 129 Å². The summed E-state index contributed by atoms with van der Waals surface area (Å²) < 4.78 is 0. The molecule has 2 aromatic carbocycles. The fourth-order valence-corrected chi connectivity index (χ4v) is 8.68. The minimum atomic E-state index is -0.682. The number of nitrogens with zero attached hydrogens (tertiary/aromatic N) is 7. The van der Waals surface area contributed by atoms with Crippen LogP contribution < -0.4 is 27.4 Å². The maximum Gasteiger partial charge on any atom is 0.243 e. The summed E-state index contributed by atoms with van der Waals surface area (Å²) in [5, 5.41) is 9.40. The van der Waals surface area contributed by atoms with Crippen molar-refractivity contribution in [1.82, 2.24) is 50.2 Å². The molecule has 7 N–H and O–H groups in total. The van der Waals surface area contributed by atoms with Gasteiger partial charge in [-0.1, -0.05) is 94.4 Å². The Kier molecular flexibility index (Phi) is 38.5. The second-order valence-electron chi connectivity index (χ2n) is 19.9. The van der Waals surface area contributed by atoms with E-state index in [1.54, 1.807) is 13.8 Å². The lowest BCUT2D eigenvalue weighted by Gasteiger charge is -2.36. The third-order valence-corrected chi connectivity index (χ3v) is 13.2. The molecule has 444 valence electrons. The van der Waals surface area contributed by atoms with Crippen LogP contribution in [0.25, 0.3) is 0 Å². The van der Waals surface area contributed by atoms with Gasteiger partial charge in [-0.15, -0.1) is 6.58 Å². The number of nitrogens with one attached hydrogen (secondary N) is 3. The molecule has 0 aliphatic rings. The van der Waals surface area contributed by atoms with Crippen LogP contribution in [-0.4, -0.2) is 214 Å². The van der Waals surface area contributed by atoms with Crippen LogP contribution in [0.15, 0.2) is 73.3 Å². The Bertz CT molecular complexity index is 2070. The van der Waals surface area contributed by atoms with Crippen molar-refractivity contribution in [1.29, 1.82) is 0 Å². The molecular formula is C59H100N12O8. The smallest absolute Gasteiger partial charge is 0.243 e. The molecule has 79 heavy (non-hydrogen) atoms. The molecule has 2 aromatic rings. The van der Waals surface area contributed by atoms with E-state index >= 15 is 9.59 Å². The van der Waals surface area contributed by atoms with Crippen LogP contribution in [0.5, 0.6) is 0 Å². The highest BCUT2D eigenvalue weighted by atomic mass is 16.2. The van der Waals surface area contributed by atoms with E-state index in [9.17, 15) is 28.8 Å². The first-order valence-corrected chi connectivity index (χ1v) is 28.6. The summed E-state index contributed by atoms with van der Waals surface area (Å²) in [4.78, 5) is 122. The topological polar surface area (TPSA) is 247 Å². The Labute approximate surface area is 473 Å². The van der Waals surface area contributed by atoms with Crippen LogP contribution in [0.2, 0.25) is 0 Å². The molecule has 0 bridgehead atoms. The summed E-state index contributed by atoms with van der Waals surface area (Å²) in [5.41, 5.74) is 13.1. The van der Waals surface area contributed by atoms with Gasteiger partial charge in [-0.25, -0.2) is 0 Å². The number of amides is 7. The number of rotatable bonds is 42. The van der Waals surface area contributed by atoms with Crippen LogP contribution in [0, 0.1) is 5.92 Å². The molecule has 0 aromatic heterocycles. The number of unbranched alkanes of at least 4 members (excludes halogenated alkanes) is 4. The summed E-state index contributed by atoms with van der Waals surface area (Å²) in [5.74, 6) is -3.13. The van der Waals surface area contributed by atoms with E-state index in [-0.39, 0.29) is 57.6 Å². The van der Waals surface area contributed by atoms with E-state index in [2.05, 4.69) is 22.5 Å². The first-order valence-electron chi connectivity index (χ1n) is 28.6. The Morgan fingerprint density at radius 3 is 1.33 bits per heavy atom. The zero-order chi connectivity index (χ0) is 59.0. The van der Waals surface area contributed by atoms with Crippen LogP contribution in [0.1, 0.15) is 116 Å². The standard InChI is InChI=1S/C57H94N12O8.C2H6/c1-8-32-63(52(72)41-64(33-20-15-27-58)51(71)38-62-31-18-17-29-60-6)40-53(73)66(35-22-19-30-61-7)43-56(76)69(48(5)50-25-13-10-14-26-50)45-57(77)68(47(4)49-23-11-9-12-24-49)44-55(75)65(34-21-16-28-59)42-54(74)67(36-37-70)39-46(2)3;1-2/h8-14,23-26,37,46-48,60-62H,1,15-22,27-36,38-45,58-59H2,2-7H3;1-2H3. The molecular weight excluding hydrogens is 1000 g/mol. The molecule has 2 rings (SSSR count). The van der Waals surface area contributed by atoms with Crippen molar-refractivity contribution in [2.45, 2.75) is 105 Å². The lowest BCUT2D eigenvalue weighted by Crippen LogP contribution is -2.53. The summed E-state index contributed by atoms with van der Waals surface area (Å²) in [7, 11) is 3.71. The highest BCUT2D eigenvalue weighted by molar-refractivity contribution is 5.93. The van der Waals surface area contributed by atoms with Crippen molar-refractivity contribution >= 4 is 47.6 Å². The second kappa shape index (κ2) is 42.8. The molecule has 0 radical (unpaired) electrons. The van der Waals surface area contributed by atoms with Crippen molar-refractivity contribution in [3.8, 4) is 0 Å². The number of carbonyl (C=O) groups excluding carboxylic acids is 8. The van der Waals surface area contributed by atoms with Gasteiger partial charge in [0.2, 0.25) is 41.4 Å². The lowest BCUT2D eigenvalue weighted by atomic mass is 10.1.